The standard InChI is InChI=1S/C15H23N/c1-14(2,3)10-6-7-12-11(8-10)13(16)9-15(12,4)5/h6-8,13H,9,16H2,1-5H3/t13-/m1/s1. The Balaban J connectivity index is 2.53. The lowest BCUT2D eigenvalue weighted by atomic mass is 9.82. The second kappa shape index (κ2) is 3.33. The predicted octanol–water partition coefficient (Wildman–Crippen LogP) is 3.67. The Hall–Kier alpha value is -0.820. The summed E-state index contributed by atoms with van der Waals surface area (Å²) in [6.45, 7) is 11.3. The molecular weight excluding hydrogens is 194 g/mol. The first-order valence-electron chi connectivity index (χ1n) is 6.12. The minimum atomic E-state index is 0.210. The van der Waals surface area contributed by atoms with Gasteiger partial charge < -0.3 is 5.73 Å². The Morgan fingerprint density at radius 1 is 1.25 bits per heavy atom. The van der Waals surface area contributed by atoms with Crippen LogP contribution in [0.3, 0.4) is 0 Å². The smallest absolute Gasteiger partial charge is 0.0306 e. The van der Waals surface area contributed by atoms with Gasteiger partial charge in [0.2, 0.25) is 0 Å². The third-order valence-corrected chi connectivity index (χ3v) is 3.78. The molecule has 0 aliphatic heterocycles. The Morgan fingerprint density at radius 2 is 1.88 bits per heavy atom. The zero-order valence-electron chi connectivity index (χ0n) is 11.1. The molecular formula is C15H23N. The van der Waals surface area contributed by atoms with E-state index in [1.807, 2.05) is 0 Å². The van der Waals surface area contributed by atoms with E-state index in [2.05, 4.69) is 52.8 Å². The molecule has 0 heterocycles. The molecule has 0 saturated heterocycles. The van der Waals surface area contributed by atoms with Gasteiger partial charge in [-0.25, -0.2) is 0 Å². The van der Waals surface area contributed by atoms with Gasteiger partial charge in [0.1, 0.15) is 0 Å². The molecule has 0 unspecified atom stereocenters. The van der Waals surface area contributed by atoms with Crippen LogP contribution in [0.2, 0.25) is 0 Å². The molecule has 0 spiro atoms. The van der Waals surface area contributed by atoms with Crippen LogP contribution in [0, 0.1) is 0 Å². The molecule has 0 aromatic heterocycles. The minimum absolute atomic E-state index is 0.210. The summed E-state index contributed by atoms with van der Waals surface area (Å²) in [7, 11) is 0. The lowest BCUT2D eigenvalue weighted by molar-refractivity contribution is 0.481. The van der Waals surface area contributed by atoms with Gasteiger partial charge in [-0.1, -0.05) is 52.8 Å². The van der Waals surface area contributed by atoms with Gasteiger partial charge in [0.05, 0.1) is 0 Å². The molecule has 0 radical (unpaired) electrons. The van der Waals surface area contributed by atoms with Crippen molar-refractivity contribution in [1.29, 1.82) is 0 Å². The van der Waals surface area contributed by atoms with E-state index in [0.717, 1.165) is 6.42 Å². The molecule has 1 aromatic carbocycles. The van der Waals surface area contributed by atoms with Gasteiger partial charge in [-0.3, -0.25) is 0 Å². The Morgan fingerprint density at radius 3 is 2.44 bits per heavy atom. The quantitative estimate of drug-likeness (QED) is 0.705. The predicted molar refractivity (Wildman–Crippen MR) is 69.7 cm³/mol. The van der Waals surface area contributed by atoms with Crippen molar-refractivity contribution in [2.24, 2.45) is 5.73 Å². The van der Waals surface area contributed by atoms with Gasteiger partial charge in [-0.2, -0.15) is 0 Å². The topological polar surface area (TPSA) is 26.0 Å². The van der Waals surface area contributed by atoms with Crippen LogP contribution in [0.4, 0.5) is 0 Å². The van der Waals surface area contributed by atoms with E-state index in [-0.39, 0.29) is 16.9 Å². The third kappa shape index (κ3) is 1.78. The average Bonchev–Trinajstić information content (AvgIpc) is 2.36. The summed E-state index contributed by atoms with van der Waals surface area (Å²) in [4.78, 5) is 0. The number of benzene rings is 1. The van der Waals surface area contributed by atoms with E-state index >= 15 is 0 Å². The second-order valence-electron chi connectivity index (χ2n) is 6.75. The second-order valence-corrected chi connectivity index (χ2v) is 6.75. The van der Waals surface area contributed by atoms with E-state index in [9.17, 15) is 0 Å². The van der Waals surface area contributed by atoms with Crippen LogP contribution < -0.4 is 5.73 Å². The van der Waals surface area contributed by atoms with Crippen LogP contribution in [0.1, 0.15) is 63.8 Å². The highest BCUT2D eigenvalue weighted by molar-refractivity contribution is 5.44. The first-order chi connectivity index (χ1) is 7.22. The summed E-state index contributed by atoms with van der Waals surface area (Å²) in [5.74, 6) is 0. The Kier molecular flexibility index (Phi) is 2.43. The number of nitrogens with two attached hydrogens (primary N) is 1. The Labute approximate surface area is 99.0 Å². The van der Waals surface area contributed by atoms with Crippen molar-refractivity contribution in [3.8, 4) is 0 Å². The van der Waals surface area contributed by atoms with Gasteiger partial charge in [0, 0.05) is 6.04 Å². The van der Waals surface area contributed by atoms with Crippen molar-refractivity contribution in [2.45, 2.75) is 57.9 Å². The summed E-state index contributed by atoms with van der Waals surface area (Å²) < 4.78 is 0. The van der Waals surface area contributed by atoms with Gasteiger partial charge in [-0.05, 0) is 33.9 Å². The van der Waals surface area contributed by atoms with Crippen LogP contribution in [0.5, 0.6) is 0 Å². The van der Waals surface area contributed by atoms with Crippen LogP contribution in [-0.2, 0) is 10.8 Å². The van der Waals surface area contributed by atoms with Crippen molar-refractivity contribution in [2.75, 3.05) is 0 Å². The Bertz CT molecular complexity index is 410. The molecule has 1 nitrogen and oxygen atoms in total. The van der Waals surface area contributed by atoms with Gasteiger partial charge >= 0.3 is 0 Å². The van der Waals surface area contributed by atoms with E-state index in [1.165, 1.54) is 16.7 Å². The van der Waals surface area contributed by atoms with Crippen LogP contribution in [0.15, 0.2) is 18.2 Å². The molecule has 88 valence electrons. The van der Waals surface area contributed by atoms with Crippen molar-refractivity contribution >= 4 is 0 Å². The molecule has 0 fully saturated rings. The zero-order chi connectivity index (χ0) is 12.1. The van der Waals surface area contributed by atoms with E-state index in [1.54, 1.807) is 0 Å². The van der Waals surface area contributed by atoms with E-state index < -0.39 is 0 Å². The maximum atomic E-state index is 6.23. The maximum absolute atomic E-state index is 6.23. The van der Waals surface area contributed by atoms with Crippen molar-refractivity contribution in [3.63, 3.8) is 0 Å². The highest BCUT2D eigenvalue weighted by atomic mass is 14.7. The molecule has 1 aliphatic rings. The van der Waals surface area contributed by atoms with E-state index in [4.69, 9.17) is 5.73 Å². The summed E-state index contributed by atoms with van der Waals surface area (Å²) in [6.07, 6.45) is 1.07. The van der Waals surface area contributed by atoms with Crippen molar-refractivity contribution < 1.29 is 0 Å². The maximum Gasteiger partial charge on any atom is 0.0306 e. The molecule has 2 rings (SSSR count). The summed E-state index contributed by atoms with van der Waals surface area (Å²) in [6, 6.07) is 7.07. The van der Waals surface area contributed by atoms with Crippen molar-refractivity contribution in [3.05, 3.63) is 34.9 Å². The number of hydrogen-bond acceptors (Lipinski definition) is 1. The summed E-state index contributed by atoms with van der Waals surface area (Å²) in [5, 5.41) is 0. The third-order valence-electron chi connectivity index (χ3n) is 3.78. The summed E-state index contributed by atoms with van der Waals surface area (Å²) in [5.41, 5.74) is 10.9. The lowest BCUT2D eigenvalue weighted by Crippen LogP contribution is -2.14. The van der Waals surface area contributed by atoms with Gasteiger partial charge in [-0.15, -0.1) is 0 Å². The van der Waals surface area contributed by atoms with E-state index in [0.29, 0.717) is 0 Å². The highest BCUT2D eigenvalue weighted by Crippen LogP contribution is 2.44. The van der Waals surface area contributed by atoms with Crippen LogP contribution >= 0.6 is 0 Å². The fraction of sp³-hybridized carbons (Fsp3) is 0.600. The molecule has 1 atom stereocenters. The molecule has 0 saturated carbocycles. The molecule has 1 heteroatoms. The monoisotopic (exact) mass is 217 g/mol. The fourth-order valence-electron chi connectivity index (χ4n) is 2.72. The zero-order valence-corrected chi connectivity index (χ0v) is 11.1. The normalized spacial score (nSPS) is 23.2. The van der Waals surface area contributed by atoms with Gasteiger partial charge in [0.15, 0.2) is 0 Å². The molecule has 16 heavy (non-hydrogen) atoms. The summed E-state index contributed by atoms with van der Waals surface area (Å²) >= 11 is 0. The first-order valence-corrected chi connectivity index (χ1v) is 6.12. The minimum Gasteiger partial charge on any atom is -0.324 e. The largest absolute Gasteiger partial charge is 0.324 e. The lowest BCUT2D eigenvalue weighted by Gasteiger charge is -2.22. The SMILES string of the molecule is CC(C)(C)c1ccc2c(c1)[C@H](N)CC2(C)C. The first kappa shape index (κ1) is 11.7. The molecule has 0 amide bonds. The molecule has 0 bridgehead atoms. The highest BCUT2D eigenvalue weighted by Gasteiger charge is 2.35. The van der Waals surface area contributed by atoms with Gasteiger partial charge in [0.25, 0.3) is 0 Å². The van der Waals surface area contributed by atoms with Crippen LogP contribution in [0.25, 0.3) is 0 Å². The molecule has 2 N–H and O–H groups in total. The molecule has 1 aromatic rings. The average molecular weight is 217 g/mol. The van der Waals surface area contributed by atoms with Crippen molar-refractivity contribution in [1.82, 2.24) is 0 Å². The number of rotatable bonds is 0. The molecule has 1 aliphatic carbocycles. The number of hydrogen-bond donors (Lipinski definition) is 1. The fourth-order valence-corrected chi connectivity index (χ4v) is 2.72. The number of fused-ring (bicyclic) bond motifs is 1. The van der Waals surface area contributed by atoms with Crippen LogP contribution in [-0.4, -0.2) is 0 Å².